The minimum absolute atomic E-state index is 0.217. The van der Waals surface area contributed by atoms with Gasteiger partial charge in [-0.25, -0.2) is 0 Å². The zero-order chi connectivity index (χ0) is 17.9. The number of benzene rings is 2. The number of rotatable bonds is 4. The third kappa shape index (κ3) is 4.10. The van der Waals surface area contributed by atoms with E-state index in [-0.39, 0.29) is 5.78 Å². The third-order valence-electron chi connectivity index (χ3n) is 3.77. The summed E-state index contributed by atoms with van der Waals surface area (Å²) < 4.78 is 5.52. The summed E-state index contributed by atoms with van der Waals surface area (Å²) in [5, 5.41) is 0. The first-order valence-electron chi connectivity index (χ1n) is 8.09. The highest BCUT2D eigenvalue weighted by molar-refractivity contribution is 6.14. The molecule has 2 rings (SSSR count). The van der Waals surface area contributed by atoms with Crippen LogP contribution in [0, 0.1) is 13.8 Å². The molecular formula is C21H24O3. The van der Waals surface area contributed by atoms with Crippen LogP contribution in [0.3, 0.4) is 0 Å². The molecule has 0 amide bonds. The molecule has 0 heterocycles. The Bertz CT molecular complexity index is 719. The summed E-state index contributed by atoms with van der Waals surface area (Å²) in [6.45, 7) is 9.18. The van der Waals surface area contributed by atoms with Crippen LogP contribution < -0.4 is 0 Å². The Balaban J connectivity index is 2.50. The fraction of sp³-hybridized carbons (Fsp3) is 0.333. The maximum atomic E-state index is 13.2. The summed E-state index contributed by atoms with van der Waals surface area (Å²) in [4.78, 5) is 26.0. The van der Waals surface area contributed by atoms with Crippen molar-refractivity contribution in [2.45, 2.75) is 46.1 Å². The van der Waals surface area contributed by atoms with Crippen molar-refractivity contribution >= 4 is 11.8 Å². The van der Waals surface area contributed by atoms with Gasteiger partial charge in [0.15, 0.2) is 5.78 Å². The summed E-state index contributed by atoms with van der Waals surface area (Å²) >= 11 is 0. The van der Waals surface area contributed by atoms with E-state index in [9.17, 15) is 9.59 Å². The van der Waals surface area contributed by atoms with E-state index in [0.29, 0.717) is 11.1 Å². The van der Waals surface area contributed by atoms with Gasteiger partial charge in [0.2, 0.25) is 0 Å². The molecule has 0 bridgehead atoms. The van der Waals surface area contributed by atoms with E-state index in [0.717, 1.165) is 11.1 Å². The highest BCUT2D eigenvalue weighted by Gasteiger charge is 2.34. The molecule has 126 valence electrons. The lowest BCUT2D eigenvalue weighted by Gasteiger charge is -2.24. The molecule has 0 aliphatic rings. The molecule has 3 heteroatoms. The van der Waals surface area contributed by atoms with Crippen LogP contribution in [0.5, 0.6) is 0 Å². The monoisotopic (exact) mass is 324 g/mol. The van der Waals surface area contributed by atoms with Crippen molar-refractivity contribution in [2.75, 3.05) is 0 Å². The van der Waals surface area contributed by atoms with Gasteiger partial charge in [-0.05, 0) is 51.3 Å². The Hall–Kier alpha value is -2.42. The van der Waals surface area contributed by atoms with Gasteiger partial charge in [0.05, 0.1) is 0 Å². The predicted octanol–water partition coefficient (Wildman–Crippen LogP) is 4.61. The van der Waals surface area contributed by atoms with Crippen LogP contribution >= 0.6 is 0 Å². The summed E-state index contributed by atoms with van der Waals surface area (Å²) in [5.41, 5.74) is 2.33. The number of ether oxygens (including phenoxy) is 1. The third-order valence-corrected chi connectivity index (χ3v) is 3.77. The van der Waals surface area contributed by atoms with E-state index in [1.165, 1.54) is 0 Å². The van der Waals surface area contributed by atoms with Crippen molar-refractivity contribution in [1.82, 2.24) is 0 Å². The normalized spacial score (nSPS) is 12.5. The zero-order valence-electron chi connectivity index (χ0n) is 14.9. The molecule has 3 nitrogen and oxygen atoms in total. The van der Waals surface area contributed by atoms with E-state index in [1.54, 1.807) is 32.9 Å². The first kappa shape index (κ1) is 17.9. The molecule has 0 aromatic heterocycles. The number of esters is 1. The van der Waals surface area contributed by atoms with Crippen molar-refractivity contribution in [3.8, 4) is 0 Å². The molecule has 1 unspecified atom stereocenters. The van der Waals surface area contributed by atoms with E-state index < -0.39 is 17.5 Å². The second-order valence-corrected chi connectivity index (χ2v) is 7.01. The fourth-order valence-electron chi connectivity index (χ4n) is 2.75. The molecule has 0 aliphatic heterocycles. The molecule has 0 aliphatic carbocycles. The molecular weight excluding hydrogens is 300 g/mol. The molecule has 24 heavy (non-hydrogen) atoms. The lowest BCUT2D eigenvalue weighted by molar-refractivity contribution is -0.155. The standard InChI is InChI=1S/C21H24O3/c1-14-10-9-11-15(2)17(14)19(22)18(16-12-7-6-8-13-16)20(23)24-21(3,4)5/h6-13,18H,1-5H3. The molecule has 1 atom stereocenters. The average Bonchev–Trinajstić information content (AvgIpc) is 2.46. The number of Topliss-reactive ketones (excluding diaryl/α,β-unsaturated/α-hetero) is 1. The number of carbonyl (C=O) groups is 2. The summed E-state index contributed by atoms with van der Waals surface area (Å²) in [6.07, 6.45) is 0. The van der Waals surface area contributed by atoms with Gasteiger partial charge in [-0.2, -0.15) is 0 Å². The summed E-state index contributed by atoms with van der Waals surface area (Å²) in [6, 6.07) is 14.8. The van der Waals surface area contributed by atoms with Crippen LogP contribution in [-0.4, -0.2) is 17.4 Å². The van der Waals surface area contributed by atoms with E-state index >= 15 is 0 Å². The molecule has 2 aromatic rings. The van der Waals surface area contributed by atoms with Crippen LogP contribution in [-0.2, 0) is 9.53 Å². The second-order valence-electron chi connectivity index (χ2n) is 7.01. The molecule has 0 fully saturated rings. The Labute approximate surface area is 143 Å². The summed E-state index contributed by atoms with van der Waals surface area (Å²) in [7, 11) is 0. The van der Waals surface area contributed by atoms with Gasteiger partial charge in [-0.15, -0.1) is 0 Å². The van der Waals surface area contributed by atoms with E-state index in [2.05, 4.69) is 0 Å². The Kier molecular flexibility index (Phi) is 5.23. The minimum Gasteiger partial charge on any atom is -0.459 e. The van der Waals surface area contributed by atoms with Crippen molar-refractivity contribution in [3.05, 3.63) is 70.8 Å². The van der Waals surface area contributed by atoms with Gasteiger partial charge in [0.25, 0.3) is 0 Å². The first-order valence-corrected chi connectivity index (χ1v) is 8.09. The van der Waals surface area contributed by atoms with Crippen LogP contribution in [0.1, 0.15) is 53.7 Å². The van der Waals surface area contributed by atoms with E-state index in [4.69, 9.17) is 4.74 Å². The fourth-order valence-corrected chi connectivity index (χ4v) is 2.75. The minimum atomic E-state index is -0.953. The maximum absolute atomic E-state index is 13.2. The zero-order valence-corrected chi connectivity index (χ0v) is 14.9. The van der Waals surface area contributed by atoms with Crippen molar-refractivity contribution < 1.29 is 14.3 Å². The molecule has 0 saturated heterocycles. The van der Waals surface area contributed by atoms with Gasteiger partial charge in [-0.1, -0.05) is 48.5 Å². The van der Waals surface area contributed by atoms with Crippen molar-refractivity contribution in [1.29, 1.82) is 0 Å². The summed E-state index contributed by atoms with van der Waals surface area (Å²) in [5.74, 6) is -1.68. The molecule has 0 saturated carbocycles. The Morgan fingerprint density at radius 2 is 1.42 bits per heavy atom. The quantitative estimate of drug-likeness (QED) is 0.468. The lowest BCUT2D eigenvalue weighted by Crippen LogP contribution is -2.32. The number of hydrogen-bond donors (Lipinski definition) is 0. The lowest BCUT2D eigenvalue weighted by atomic mass is 9.86. The van der Waals surface area contributed by atoms with Gasteiger partial charge < -0.3 is 4.74 Å². The smallest absolute Gasteiger partial charge is 0.321 e. The molecule has 0 spiro atoms. The first-order chi connectivity index (χ1) is 11.2. The van der Waals surface area contributed by atoms with Crippen molar-refractivity contribution in [3.63, 3.8) is 0 Å². The largest absolute Gasteiger partial charge is 0.459 e. The SMILES string of the molecule is Cc1cccc(C)c1C(=O)C(C(=O)OC(C)(C)C)c1ccccc1. The van der Waals surface area contributed by atoms with Gasteiger partial charge in [-0.3, -0.25) is 9.59 Å². The Morgan fingerprint density at radius 1 is 0.875 bits per heavy atom. The number of ketones is 1. The highest BCUT2D eigenvalue weighted by atomic mass is 16.6. The molecule has 0 radical (unpaired) electrons. The van der Waals surface area contributed by atoms with Crippen LogP contribution in [0.2, 0.25) is 0 Å². The van der Waals surface area contributed by atoms with Crippen LogP contribution in [0.4, 0.5) is 0 Å². The van der Waals surface area contributed by atoms with Gasteiger partial charge in [0, 0.05) is 5.56 Å². The number of carbonyl (C=O) groups excluding carboxylic acids is 2. The second kappa shape index (κ2) is 7.00. The Morgan fingerprint density at radius 3 is 1.92 bits per heavy atom. The predicted molar refractivity (Wildman–Crippen MR) is 95.3 cm³/mol. The van der Waals surface area contributed by atoms with Crippen LogP contribution in [0.15, 0.2) is 48.5 Å². The average molecular weight is 324 g/mol. The number of aryl methyl sites for hydroxylation is 2. The van der Waals surface area contributed by atoms with Gasteiger partial charge >= 0.3 is 5.97 Å². The topological polar surface area (TPSA) is 43.4 Å². The molecule has 0 N–H and O–H groups in total. The highest BCUT2D eigenvalue weighted by Crippen LogP contribution is 2.27. The maximum Gasteiger partial charge on any atom is 0.321 e. The molecule has 2 aromatic carbocycles. The van der Waals surface area contributed by atoms with Crippen LogP contribution in [0.25, 0.3) is 0 Å². The number of hydrogen-bond acceptors (Lipinski definition) is 3. The van der Waals surface area contributed by atoms with E-state index in [1.807, 2.05) is 50.2 Å². The van der Waals surface area contributed by atoms with Crippen molar-refractivity contribution in [2.24, 2.45) is 0 Å². The van der Waals surface area contributed by atoms with Gasteiger partial charge in [0.1, 0.15) is 11.5 Å².